The molecular formula is C21H12F2IN. The number of aromatic nitrogens is 1. The Balaban J connectivity index is 2.07. The van der Waals surface area contributed by atoms with E-state index in [9.17, 15) is 8.78 Å². The summed E-state index contributed by atoms with van der Waals surface area (Å²) in [4.78, 5) is 4.58. The predicted octanol–water partition coefficient (Wildman–Crippen LogP) is 6.45. The number of fused-ring (bicyclic) bond motifs is 1. The van der Waals surface area contributed by atoms with Crippen LogP contribution in [0, 0.1) is 15.2 Å². The largest absolute Gasteiger partial charge is 0.248 e. The van der Waals surface area contributed by atoms with Crippen LogP contribution >= 0.6 is 22.6 Å². The van der Waals surface area contributed by atoms with Crippen LogP contribution in [0.2, 0.25) is 0 Å². The highest BCUT2D eigenvalue weighted by atomic mass is 127. The third-order valence-corrected chi connectivity index (χ3v) is 5.03. The zero-order valence-corrected chi connectivity index (χ0v) is 15.2. The van der Waals surface area contributed by atoms with Crippen molar-refractivity contribution in [1.29, 1.82) is 0 Å². The van der Waals surface area contributed by atoms with Gasteiger partial charge in [0.15, 0.2) is 11.6 Å². The Morgan fingerprint density at radius 1 is 0.720 bits per heavy atom. The summed E-state index contributed by atoms with van der Waals surface area (Å²) in [5.41, 5.74) is 3.91. The summed E-state index contributed by atoms with van der Waals surface area (Å²) in [5, 5.41) is 0.597. The van der Waals surface area contributed by atoms with Gasteiger partial charge in [-0.1, -0.05) is 48.5 Å². The van der Waals surface area contributed by atoms with E-state index in [1.54, 1.807) is 0 Å². The lowest BCUT2D eigenvalue weighted by Crippen LogP contribution is -1.94. The first kappa shape index (κ1) is 16.1. The summed E-state index contributed by atoms with van der Waals surface area (Å²) >= 11 is 2.25. The van der Waals surface area contributed by atoms with Crippen molar-refractivity contribution < 1.29 is 8.78 Å². The van der Waals surface area contributed by atoms with Crippen LogP contribution in [-0.2, 0) is 0 Å². The van der Waals surface area contributed by atoms with E-state index in [0.717, 1.165) is 32.0 Å². The molecule has 0 N–H and O–H groups in total. The first-order valence-corrected chi connectivity index (χ1v) is 8.81. The van der Waals surface area contributed by atoms with Crippen molar-refractivity contribution in [3.63, 3.8) is 0 Å². The second-order valence-electron chi connectivity index (χ2n) is 5.68. The van der Waals surface area contributed by atoms with Gasteiger partial charge in [0, 0.05) is 20.6 Å². The molecule has 4 heteroatoms. The fraction of sp³-hybridized carbons (Fsp3) is 0. The smallest absolute Gasteiger partial charge is 0.161 e. The third-order valence-electron chi connectivity index (χ3n) is 4.09. The van der Waals surface area contributed by atoms with E-state index in [1.807, 2.05) is 60.7 Å². The molecule has 0 bridgehead atoms. The minimum atomic E-state index is -0.890. The summed E-state index contributed by atoms with van der Waals surface area (Å²) < 4.78 is 28.7. The zero-order chi connectivity index (χ0) is 17.4. The summed E-state index contributed by atoms with van der Waals surface area (Å²) in [5.74, 6) is -1.76. The molecule has 0 aliphatic rings. The molecule has 1 aromatic heterocycles. The predicted molar refractivity (Wildman–Crippen MR) is 105 cm³/mol. The first-order chi connectivity index (χ1) is 12.1. The minimum Gasteiger partial charge on any atom is -0.248 e. The maximum absolute atomic E-state index is 13.8. The molecule has 0 atom stereocenters. The number of benzene rings is 3. The average Bonchev–Trinajstić information content (AvgIpc) is 2.63. The molecule has 3 aromatic carbocycles. The Hall–Kier alpha value is -2.34. The topological polar surface area (TPSA) is 12.9 Å². The van der Waals surface area contributed by atoms with Gasteiger partial charge in [-0.05, 0) is 51.9 Å². The highest BCUT2D eigenvalue weighted by Crippen LogP contribution is 2.34. The summed E-state index contributed by atoms with van der Waals surface area (Å²) in [6, 6.07) is 21.9. The SMILES string of the molecule is Fc1cc2nc(-c3ccccc3I)cc(-c3ccccc3)c2cc1F. The summed E-state index contributed by atoms with van der Waals surface area (Å²) in [7, 11) is 0. The van der Waals surface area contributed by atoms with Gasteiger partial charge >= 0.3 is 0 Å². The van der Waals surface area contributed by atoms with Crippen molar-refractivity contribution >= 4 is 33.5 Å². The van der Waals surface area contributed by atoms with Gasteiger partial charge in [0.1, 0.15) is 0 Å². The first-order valence-electron chi connectivity index (χ1n) is 7.73. The molecule has 1 nitrogen and oxygen atoms in total. The Morgan fingerprint density at radius 3 is 2.16 bits per heavy atom. The van der Waals surface area contributed by atoms with Gasteiger partial charge in [-0.25, -0.2) is 13.8 Å². The van der Waals surface area contributed by atoms with E-state index in [2.05, 4.69) is 27.6 Å². The van der Waals surface area contributed by atoms with Gasteiger partial charge in [-0.15, -0.1) is 0 Å². The summed E-state index contributed by atoms with van der Waals surface area (Å²) in [6.07, 6.45) is 0. The van der Waals surface area contributed by atoms with Crippen LogP contribution in [0.3, 0.4) is 0 Å². The number of nitrogens with zero attached hydrogens (tertiary/aromatic N) is 1. The maximum atomic E-state index is 13.8. The van der Waals surface area contributed by atoms with Crippen molar-refractivity contribution in [2.75, 3.05) is 0 Å². The van der Waals surface area contributed by atoms with Crippen LogP contribution in [0.25, 0.3) is 33.3 Å². The molecule has 122 valence electrons. The Bertz CT molecular complexity index is 1080. The standard InChI is InChI=1S/C21H12F2IN/c22-17-10-16-15(13-6-2-1-3-7-13)11-20(25-21(16)12-18(17)23)14-8-4-5-9-19(14)24/h1-12H. The normalized spacial score (nSPS) is 11.0. The van der Waals surface area contributed by atoms with E-state index in [1.165, 1.54) is 6.07 Å². The highest BCUT2D eigenvalue weighted by Gasteiger charge is 2.14. The molecule has 1 heterocycles. The molecule has 0 radical (unpaired) electrons. The quantitative estimate of drug-likeness (QED) is 0.325. The van der Waals surface area contributed by atoms with E-state index in [0.29, 0.717) is 10.9 Å². The van der Waals surface area contributed by atoms with Crippen LogP contribution in [0.5, 0.6) is 0 Å². The molecule has 4 aromatic rings. The molecule has 0 saturated carbocycles. The van der Waals surface area contributed by atoms with Crippen molar-refractivity contribution in [2.45, 2.75) is 0 Å². The number of hydrogen-bond acceptors (Lipinski definition) is 1. The molecule has 0 aliphatic carbocycles. The molecule has 0 spiro atoms. The molecule has 4 rings (SSSR count). The molecular weight excluding hydrogens is 431 g/mol. The van der Waals surface area contributed by atoms with Crippen LogP contribution in [0.4, 0.5) is 8.78 Å². The maximum Gasteiger partial charge on any atom is 0.161 e. The van der Waals surface area contributed by atoms with Crippen LogP contribution < -0.4 is 0 Å². The average molecular weight is 443 g/mol. The van der Waals surface area contributed by atoms with Gasteiger partial charge in [0.25, 0.3) is 0 Å². The van der Waals surface area contributed by atoms with E-state index >= 15 is 0 Å². The van der Waals surface area contributed by atoms with Crippen molar-refractivity contribution in [3.8, 4) is 22.4 Å². The van der Waals surface area contributed by atoms with Gasteiger partial charge in [-0.3, -0.25) is 0 Å². The van der Waals surface area contributed by atoms with E-state index in [4.69, 9.17) is 0 Å². The Labute approximate surface area is 157 Å². The van der Waals surface area contributed by atoms with Crippen molar-refractivity contribution in [3.05, 3.63) is 88.0 Å². The lowest BCUT2D eigenvalue weighted by atomic mass is 9.98. The van der Waals surface area contributed by atoms with Crippen molar-refractivity contribution in [2.24, 2.45) is 0 Å². The second-order valence-corrected chi connectivity index (χ2v) is 6.85. The van der Waals surface area contributed by atoms with Crippen molar-refractivity contribution in [1.82, 2.24) is 4.98 Å². The minimum absolute atomic E-state index is 0.440. The second kappa shape index (κ2) is 6.52. The Kier molecular flexibility index (Phi) is 4.21. The van der Waals surface area contributed by atoms with Crippen LogP contribution in [0.15, 0.2) is 72.8 Å². The highest BCUT2D eigenvalue weighted by molar-refractivity contribution is 14.1. The fourth-order valence-corrected chi connectivity index (χ4v) is 3.55. The molecule has 0 saturated heterocycles. The lowest BCUT2D eigenvalue weighted by molar-refractivity contribution is 0.510. The Morgan fingerprint density at radius 2 is 1.40 bits per heavy atom. The number of rotatable bonds is 2. The molecule has 0 fully saturated rings. The fourth-order valence-electron chi connectivity index (χ4n) is 2.88. The van der Waals surface area contributed by atoms with Gasteiger partial charge in [0.05, 0.1) is 11.2 Å². The van der Waals surface area contributed by atoms with Gasteiger partial charge in [0.2, 0.25) is 0 Å². The van der Waals surface area contributed by atoms with E-state index < -0.39 is 11.6 Å². The van der Waals surface area contributed by atoms with Crippen LogP contribution in [-0.4, -0.2) is 4.98 Å². The van der Waals surface area contributed by atoms with E-state index in [-0.39, 0.29) is 0 Å². The van der Waals surface area contributed by atoms with Crippen LogP contribution in [0.1, 0.15) is 0 Å². The zero-order valence-electron chi connectivity index (χ0n) is 13.0. The molecule has 0 unspecified atom stereocenters. The monoisotopic (exact) mass is 443 g/mol. The summed E-state index contributed by atoms with van der Waals surface area (Å²) in [6.45, 7) is 0. The number of hydrogen-bond donors (Lipinski definition) is 0. The molecule has 25 heavy (non-hydrogen) atoms. The van der Waals surface area contributed by atoms with Gasteiger partial charge < -0.3 is 0 Å². The number of halogens is 3. The lowest BCUT2D eigenvalue weighted by Gasteiger charge is -2.12. The number of pyridine rings is 1. The molecule has 0 aliphatic heterocycles. The van der Waals surface area contributed by atoms with Gasteiger partial charge in [-0.2, -0.15) is 0 Å². The third kappa shape index (κ3) is 3.02. The molecule has 0 amide bonds.